The largest absolute Gasteiger partial charge is 0.288 e. The van der Waals surface area contributed by atoms with E-state index in [4.69, 9.17) is 11.6 Å². The van der Waals surface area contributed by atoms with Crippen LogP contribution in [0.4, 0.5) is 0 Å². The Labute approximate surface area is 136 Å². The predicted molar refractivity (Wildman–Crippen MR) is 91.4 cm³/mol. The Morgan fingerprint density at radius 1 is 1.05 bits per heavy atom. The molecule has 0 radical (unpaired) electrons. The summed E-state index contributed by atoms with van der Waals surface area (Å²) >= 11 is 7.74. The van der Waals surface area contributed by atoms with Crippen LogP contribution in [0, 0.1) is 0 Å². The number of aromatic nitrogens is 1. The van der Waals surface area contributed by atoms with Crippen LogP contribution in [0.3, 0.4) is 0 Å². The number of fused-ring (bicyclic) bond motifs is 2. The third kappa shape index (κ3) is 2.23. The van der Waals surface area contributed by atoms with Gasteiger partial charge in [0.1, 0.15) is 5.15 Å². The van der Waals surface area contributed by atoms with Gasteiger partial charge in [0, 0.05) is 21.4 Å². The van der Waals surface area contributed by atoms with Crippen LogP contribution in [0.5, 0.6) is 0 Å². The topological polar surface area (TPSA) is 30.0 Å². The van der Waals surface area contributed by atoms with Crippen molar-refractivity contribution in [3.63, 3.8) is 0 Å². The second-order valence-electron chi connectivity index (χ2n) is 5.00. The molecule has 3 aromatic rings. The SMILES string of the molecule is O=C1/C(=C/c2cc3ccccc3nc2Cl)Sc2ccccc21. The zero-order valence-electron chi connectivity index (χ0n) is 11.4. The Hall–Kier alpha value is -2.10. The smallest absolute Gasteiger partial charge is 0.200 e. The van der Waals surface area contributed by atoms with E-state index in [1.807, 2.05) is 60.7 Å². The van der Waals surface area contributed by atoms with Crippen molar-refractivity contribution in [1.29, 1.82) is 0 Å². The maximum Gasteiger partial charge on any atom is 0.200 e. The van der Waals surface area contributed by atoms with Crippen molar-refractivity contribution >= 4 is 46.1 Å². The Morgan fingerprint density at radius 2 is 1.82 bits per heavy atom. The molecule has 2 aromatic carbocycles. The summed E-state index contributed by atoms with van der Waals surface area (Å²) in [4.78, 5) is 18.5. The fourth-order valence-electron chi connectivity index (χ4n) is 2.49. The minimum absolute atomic E-state index is 0.0461. The monoisotopic (exact) mass is 323 g/mol. The molecule has 2 heterocycles. The number of Topliss-reactive ketones (excluding diaryl/α,β-unsaturated/α-hetero) is 1. The first-order chi connectivity index (χ1) is 10.7. The van der Waals surface area contributed by atoms with E-state index in [9.17, 15) is 4.79 Å². The second kappa shape index (κ2) is 5.27. The molecule has 1 aliphatic rings. The maximum absolute atomic E-state index is 12.4. The number of pyridine rings is 1. The van der Waals surface area contributed by atoms with Crippen LogP contribution < -0.4 is 0 Å². The van der Waals surface area contributed by atoms with Gasteiger partial charge in [-0.05, 0) is 30.3 Å². The van der Waals surface area contributed by atoms with E-state index < -0.39 is 0 Å². The molecule has 106 valence electrons. The van der Waals surface area contributed by atoms with Crippen LogP contribution in [0.25, 0.3) is 17.0 Å². The number of benzene rings is 2. The molecule has 0 saturated heterocycles. The molecular weight excluding hydrogens is 314 g/mol. The molecule has 4 heteroatoms. The van der Waals surface area contributed by atoms with E-state index >= 15 is 0 Å². The molecule has 22 heavy (non-hydrogen) atoms. The lowest BCUT2D eigenvalue weighted by Crippen LogP contribution is -1.94. The number of carbonyl (C=O) groups is 1. The molecule has 2 nitrogen and oxygen atoms in total. The first-order valence-electron chi connectivity index (χ1n) is 6.81. The van der Waals surface area contributed by atoms with Crippen molar-refractivity contribution in [2.24, 2.45) is 0 Å². The van der Waals surface area contributed by atoms with Crippen molar-refractivity contribution in [2.75, 3.05) is 0 Å². The van der Waals surface area contributed by atoms with E-state index in [2.05, 4.69) is 4.98 Å². The first kappa shape index (κ1) is 13.6. The third-order valence-corrected chi connectivity index (χ3v) is 4.97. The predicted octanol–water partition coefficient (Wildman–Crippen LogP) is 5.22. The molecule has 0 unspecified atom stereocenters. The molecule has 0 saturated carbocycles. The van der Waals surface area contributed by atoms with Gasteiger partial charge >= 0.3 is 0 Å². The van der Waals surface area contributed by atoms with Gasteiger partial charge in [0.25, 0.3) is 0 Å². The maximum atomic E-state index is 12.4. The summed E-state index contributed by atoms with van der Waals surface area (Å²) in [7, 11) is 0. The summed E-state index contributed by atoms with van der Waals surface area (Å²) in [6.07, 6.45) is 1.83. The molecule has 0 atom stereocenters. The molecule has 0 aliphatic carbocycles. The molecule has 4 rings (SSSR count). The quantitative estimate of drug-likeness (QED) is 0.454. The number of carbonyl (C=O) groups excluding carboxylic acids is 1. The van der Waals surface area contributed by atoms with Crippen LogP contribution >= 0.6 is 23.4 Å². The normalized spacial score (nSPS) is 15.5. The lowest BCUT2D eigenvalue weighted by Gasteiger charge is -2.03. The zero-order valence-corrected chi connectivity index (χ0v) is 13.0. The van der Waals surface area contributed by atoms with Crippen LogP contribution in [-0.4, -0.2) is 10.8 Å². The van der Waals surface area contributed by atoms with Crippen molar-refractivity contribution in [3.05, 3.63) is 75.8 Å². The summed E-state index contributed by atoms with van der Waals surface area (Å²) in [5.41, 5.74) is 2.37. The van der Waals surface area contributed by atoms with Crippen LogP contribution in [0.2, 0.25) is 5.15 Å². The average Bonchev–Trinajstić information content (AvgIpc) is 2.85. The Morgan fingerprint density at radius 3 is 2.68 bits per heavy atom. The number of ketones is 1. The van der Waals surface area contributed by atoms with Crippen molar-refractivity contribution in [1.82, 2.24) is 4.98 Å². The van der Waals surface area contributed by atoms with E-state index in [-0.39, 0.29) is 5.78 Å². The lowest BCUT2D eigenvalue weighted by atomic mass is 10.1. The van der Waals surface area contributed by atoms with Crippen LogP contribution in [-0.2, 0) is 0 Å². The Balaban J connectivity index is 1.81. The highest BCUT2D eigenvalue weighted by molar-refractivity contribution is 8.04. The standard InChI is InChI=1S/C18H10ClNOS/c19-18-12(9-11-5-1-3-7-14(11)20-18)10-16-17(21)13-6-2-4-8-15(13)22-16/h1-10H/b16-10-. The number of allylic oxidation sites excluding steroid dienone is 1. The summed E-state index contributed by atoms with van der Waals surface area (Å²) in [5.74, 6) is 0.0461. The van der Waals surface area contributed by atoms with Crippen molar-refractivity contribution in [3.8, 4) is 0 Å². The average molecular weight is 324 g/mol. The number of rotatable bonds is 1. The van der Waals surface area contributed by atoms with Gasteiger partial charge in [-0.15, -0.1) is 0 Å². The fourth-order valence-corrected chi connectivity index (χ4v) is 3.73. The number of hydrogen-bond donors (Lipinski definition) is 0. The van der Waals surface area contributed by atoms with E-state index in [1.165, 1.54) is 11.8 Å². The lowest BCUT2D eigenvalue weighted by molar-refractivity contribution is 0.104. The number of halogens is 1. The number of para-hydroxylation sites is 1. The highest BCUT2D eigenvalue weighted by Crippen LogP contribution is 2.41. The number of thioether (sulfide) groups is 1. The molecule has 0 fully saturated rings. The van der Waals surface area contributed by atoms with Gasteiger partial charge in [0.05, 0.1) is 10.4 Å². The first-order valence-corrected chi connectivity index (χ1v) is 8.00. The van der Waals surface area contributed by atoms with E-state index in [0.29, 0.717) is 10.1 Å². The van der Waals surface area contributed by atoms with Gasteiger partial charge in [-0.1, -0.05) is 53.7 Å². The van der Waals surface area contributed by atoms with Gasteiger partial charge in [-0.3, -0.25) is 4.79 Å². The van der Waals surface area contributed by atoms with Gasteiger partial charge in [-0.25, -0.2) is 4.98 Å². The molecule has 1 aliphatic heterocycles. The minimum atomic E-state index is 0.0461. The summed E-state index contributed by atoms with van der Waals surface area (Å²) < 4.78 is 0. The molecule has 0 spiro atoms. The number of nitrogens with zero attached hydrogens (tertiary/aromatic N) is 1. The summed E-state index contributed by atoms with van der Waals surface area (Å²) in [6.45, 7) is 0. The molecule has 0 bridgehead atoms. The highest BCUT2D eigenvalue weighted by Gasteiger charge is 2.25. The summed E-state index contributed by atoms with van der Waals surface area (Å²) in [5, 5.41) is 1.42. The summed E-state index contributed by atoms with van der Waals surface area (Å²) in [6, 6.07) is 17.4. The van der Waals surface area contributed by atoms with Crippen LogP contribution in [0.1, 0.15) is 15.9 Å². The Kier molecular flexibility index (Phi) is 3.25. The molecular formula is C18H10ClNOS. The van der Waals surface area contributed by atoms with Crippen molar-refractivity contribution < 1.29 is 4.79 Å². The van der Waals surface area contributed by atoms with Gasteiger partial charge in [0.15, 0.2) is 0 Å². The van der Waals surface area contributed by atoms with E-state index in [1.54, 1.807) is 0 Å². The molecule has 0 N–H and O–H groups in total. The fraction of sp³-hybridized carbons (Fsp3) is 0. The highest BCUT2D eigenvalue weighted by atomic mass is 35.5. The minimum Gasteiger partial charge on any atom is -0.288 e. The van der Waals surface area contributed by atoms with Crippen LogP contribution in [0.15, 0.2) is 64.4 Å². The second-order valence-corrected chi connectivity index (χ2v) is 6.44. The van der Waals surface area contributed by atoms with Gasteiger partial charge in [0.2, 0.25) is 5.78 Å². The third-order valence-electron chi connectivity index (χ3n) is 3.57. The number of hydrogen-bond acceptors (Lipinski definition) is 3. The molecule has 1 aromatic heterocycles. The molecule has 0 amide bonds. The van der Waals surface area contributed by atoms with E-state index in [0.717, 1.165) is 26.9 Å². The Bertz CT molecular complexity index is 949. The zero-order chi connectivity index (χ0) is 15.1. The van der Waals surface area contributed by atoms with Gasteiger partial charge in [-0.2, -0.15) is 0 Å². The van der Waals surface area contributed by atoms with Crippen molar-refractivity contribution in [2.45, 2.75) is 4.90 Å². The van der Waals surface area contributed by atoms with Gasteiger partial charge < -0.3 is 0 Å².